The highest BCUT2D eigenvalue weighted by Gasteiger charge is 2.05. The number of hydrogen-bond acceptors (Lipinski definition) is 2. The smallest absolute Gasteiger partial charge is 0.0438 e. The standard InChI is InChI=1S/C18H16ClNS/c1-13-8-9-14(11-16(13)19)12-20-17-6-3-2-5-15(17)18-7-4-10-21-18/h2-11,20H,12H2,1H3. The van der Waals surface area contributed by atoms with E-state index in [-0.39, 0.29) is 0 Å². The summed E-state index contributed by atoms with van der Waals surface area (Å²) in [7, 11) is 0. The predicted octanol–water partition coefficient (Wildman–Crippen LogP) is 5.99. The predicted molar refractivity (Wildman–Crippen MR) is 93.3 cm³/mol. The number of benzene rings is 2. The maximum absolute atomic E-state index is 6.18. The van der Waals surface area contributed by atoms with E-state index in [9.17, 15) is 0 Å². The Morgan fingerprint density at radius 3 is 2.67 bits per heavy atom. The molecule has 0 unspecified atom stereocenters. The molecule has 1 nitrogen and oxygen atoms in total. The summed E-state index contributed by atoms with van der Waals surface area (Å²) in [5.74, 6) is 0. The maximum Gasteiger partial charge on any atom is 0.0438 e. The Bertz CT molecular complexity index is 735. The summed E-state index contributed by atoms with van der Waals surface area (Å²) in [5.41, 5.74) is 4.69. The van der Waals surface area contributed by atoms with Crippen molar-refractivity contribution in [3.05, 3.63) is 76.1 Å². The average molecular weight is 314 g/mol. The third-order valence-electron chi connectivity index (χ3n) is 3.43. The summed E-state index contributed by atoms with van der Waals surface area (Å²) in [4.78, 5) is 1.28. The second-order valence-corrected chi connectivity index (χ2v) is 6.31. The molecule has 0 aliphatic carbocycles. The quantitative estimate of drug-likeness (QED) is 0.624. The number of thiophene rings is 1. The van der Waals surface area contributed by atoms with Gasteiger partial charge in [-0.05, 0) is 41.6 Å². The van der Waals surface area contributed by atoms with Crippen LogP contribution in [0.3, 0.4) is 0 Å². The highest BCUT2D eigenvalue weighted by Crippen LogP contribution is 2.31. The second kappa shape index (κ2) is 6.33. The van der Waals surface area contributed by atoms with Crippen molar-refractivity contribution in [2.24, 2.45) is 0 Å². The Hall–Kier alpha value is -1.77. The van der Waals surface area contributed by atoms with Crippen LogP contribution in [0.5, 0.6) is 0 Å². The van der Waals surface area contributed by atoms with E-state index in [0.717, 1.165) is 22.8 Å². The van der Waals surface area contributed by atoms with Crippen molar-refractivity contribution in [3.8, 4) is 10.4 Å². The molecule has 0 radical (unpaired) electrons. The molecule has 0 saturated heterocycles. The topological polar surface area (TPSA) is 12.0 Å². The van der Waals surface area contributed by atoms with Gasteiger partial charge in [0.1, 0.15) is 0 Å². The van der Waals surface area contributed by atoms with Crippen molar-refractivity contribution in [2.45, 2.75) is 13.5 Å². The third-order valence-corrected chi connectivity index (χ3v) is 4.74. The molecule has 0 spiro atoms. The molecule has 2 aromatic carbocycles. The van der Waals surface area contributed by atoms with Crippen LogP contribution in [0.1, 0.15) is 11.1 Å². The monoisotopic (exact) mass is 313 g/mol. The van der Waals surface area contributed by atoms with Gasteiger partial charge in [0.15, 0.2) is 0 Å². The molecule has 0 bridgehead atoms. The van der Waals surface area contributed by atoms with Crippen LogP contribution in [0, 0.1) is 6.92 Å². The van der Waals surface area contributed by atoms with Crippen LogP contribution >= 0.6 is 22.9 Å². The minimum Gasteiger partial charge on any atom is -0.380 e. The van der Waals surface area contributed by atoms with Crippen molar-refractivity contribution < 1.29 is 0 Å². The first-order valence-corrected chi connectivity index (χ1v) is 8.11. The van der Waals surface area contributed by atoms with Gasteiger partial charge in [0.25, 0.3) is 0 Å². The van der Waals surface area contributed by atoms with Crippen molar-refractivity contribution in [3.63, 3.8) is 0 Å². The first-order chi connectivity index (χ1) is 10.2. The summed E-state index contributed by atoms with van der Waals surface area (Å²) in [6.07, 6.45) is 0. The lowest BCUT2D eigenvalue weighted by Gasteiger charge is -2.11. The number of nitrogens with one attached hydrogen (secondary N) is 1. The molecule has 3 aromatic rings. The number of rotatable bonds is 4. The molecular weight excluding hydrogens is 298 g/mol. The molecule has 0 aliphatic rings. The normalized spacial score (nSPS) is 10.6. The van der Waals surface area contributed by atoms with E-state index in [0.29, 0.717) is 0 Å². The largest absolute Gasteiger partial charge is 0.380 e. The molecule has 0 fully saturated rings. The van der Waals surface area contributed by atoms with Crippen LogP contribution in [-0.4, -0.2) is 0 Å². The third kappa shape index (κ3) is 3.29. The van der Waals surface area contributed by atoms with Crippen LogP contribution in [-0.2, 0) is 6.54 Å². The van der Waals surface area contributed by atoms with Crippen LogP contribution in [0.2, 0.25) is 5.02 Å². The van der Waals surface area contributed by atoms with E-state index in [2.05, 4.69) is 59.2 Å². The Balaban J connectivity index is 1.81. The first kappa shape index (κ1) is 14.2. The molecule has 1 aromatic heterocycles. The Kier molecular flexibility index (Phi) is 4.28. The van der Waals surface area contributed by atoms with Gasteiger partial charge in [0, 0.05) is 27.7 Å². The molecule has 106 valence electrons. The minimum atomic E-state index is 0.766. The van der Waals surface area contributed by atoms with Gasteiger partial charge in [0.2, 0.25) is 0 Å². The van der Waals surface area contributed by atoms with Crippen molar-refractivity contribution >= 4 is 28.6 Å². The van der Waals surface area contributed by atoms with E-state index in [1.807, 2.05) is 13.0 Å². The fourth-order valence-corrected chi connectivity index (χ4v) is 3.20. The molecule has 0 amide bonds. The molecule has 21 heavy (non-hydrogen) atoms. The van der Waals surface area contributed by atoms with Gasteiger partial charge in [-0.15, -0.1) is 11.3 Å². The molecule has 0 atom stereocenters. The van der Waals surface area contributed by atoms with E-state index in [1.54, 1.807) is 11.3 Å². The van der Waals surface area contributed by atoms with Crippen LogP contribution in [0.15, 0.2) is 60.0 Å². The molecule has 0 aliphatic heterocycles. The Labute approximate surface area is 134 Å². The second-order valence-electron chi connectivity index (χ2n) is 4.96. The number of aryl methyl sites for hydroxylation is 1. The summed E-state index contributed by atoms with van der Waals surface area (Å²) in [6, 6.07) is 18.8. The van der Waals surface area contributed by atoms with Crippen molar-refractivity contribution in [1.82, 2.24) is 0 Å². The van der Waals surface area contributed by atoms with Gasteiger partial charge in [-0.1, -0.05) is 48.0 Å². The van der Waals surface area contributed by atoms with Gasteiger partial charge in [-0.2, -0.15) is 0 Å². The van der Waals surface area contributed by atoms with Crippen LogP contribution < -0.4 is 5.32 Å². The van der Waals surface area contributed by atoms with Crippen LogP contribution in [0.25, 0.3) is 10.4 Å². The van der Waals surface area contributed by atoms with Gasteiger partial charge in [0.05, 0.1) is 0 Å². The molecular formula is C18H16ClNS. The van der Waals surface area contributed by atoms with Gasteiger partial charge in [-0.25, -0.2) is 0 Å². The molecule has 3 heteroatoms. The van der Waals surface area contributed by atoms with Gasteiger partial charge in [-0.3, -0.25) is 0 Å². The minimum absolute atomic E-state index is 0.766. The lowest BCUT2D eigenvalue weighted by Crippen LogP contribution is -2.00. The highest BCUT2D eigenvalue weighted by molar-refractivity contribution is 7.13. The lowest BCUT2D eigenvalue weighted by atomic mass is 10.1. The van der Waals surface area contributed by atoms with E-state index < -0.39 is 0 Å². The summed E-state index contributed by atoms with van der Waals surface area (Å²) >= 11 is 7.94. The highest BCUT2D eigenvalue weighted by atomic mass is 35.5. The van der Waals surface area contributed by atoms with E-state index in [4.69, 9.17) is 11.6 Å². The number of hydrogen-bond donors (Lipinski definition) is 1. The average Bonchev–Trinajstić information content (AvgIpc) is 3.03. The molecule has 0 saturated carbocycles. The molecule has 3 rings (SSSR count). The van der Waals surface area contributed by atoms with E-state index in [1.165, 1.54) is 16.0 Å². The Morgan fingerprint density at radius 1 is 1.05 bits per heavy atom. The zero-order chi connectivity index (χ0) is 14.7. The summed E-state index contributed by atoms with van der Waals surface area (Å²) < 4.78 is 0. The number of halogens is 1. The molecule has 1 heterocycles. The number of anilines is 1. The van der Waals surface area contributed by atoms with Crippen molar-refractivity contribution in [2.75, 3.05) is 5.32 Å². The zero-order valence-electron chi connectivity index (χ0n) is 11.8. The Morgan fingerprint density at radius 2 is 1.90 bits per heavy atom. The zero-order valence-corrected chi connectivity index (χ0v) is 13.3. The van der Waals surface area contributed by atoms with E-state index >= 15 is 0 Å². The van der Waals surface area contributed by atoms with Gasteiger partial charge >= 0.3 is 0 Å². The fraction of sp³-hybridized carbons (Fsp3) is 0.111. The van der Waals surface area contributed by atoms with Crippen LogP contribution in [0.4, 0.5) is 5.69 Å². The summed E-state index contributed by atoms with van der Waals surface area (Å²) in [5, 5.41) is 6.44. The lowest BCUT2D eigenvalue weighted by molar-refractivity contribution is 1.15. The maximum atomic E-state index is 6.18. The fourth-order valence-electron chi connectivity index (χ4n) is 2.23. The first-order valence-electron chi connectivity index (χ1n) is 6.86. The van der Waals surface area contributed by atoms with Crippen molar-refractivity contribution in [1.29, 1.82) is 0 Å². The summed E-state index contributed by atoms with van der Waals surface area (Å²) in [6.45, 7) is 2.79. The molecule has 1 N–H and O–H groups in total. The van der Waals surface area contributed by atoms with Gasteiger partial charge < -0.3 is 5.32 Å². The SMILES string of the molecule is Cc1ccc(CNc2ccccc2-c2cccs2)cc1Cl. The number of para-hydroxylation sites is 1.